The van der Waals surface area contributed by atoms with E-state index < -0.39 is 0 Å². The van der Waals surface area contributed by atoms with E-state index in [9.17, 15) is 4.39 Å². The van der Waals surface area contributed by atoms with Gasteiger partial charge in [-0.3, -0.25) is 4.99 Å². The highest BCUT2D eigenvalue weighted by Crippen LogP contribution is 2.10. The van der Waals surface area contributed by atoms with Crippen molar-refractivity contribution in [3.63, 3.8) is 0 Å². The van der Waals surface area contributed by atoms with Gasteiger partial charge in [0, 0.05) is 20.1 Å². The average molecular weight is 393 g/mol. The quantitative estimate of drug-likeness (QED) is 0.458. The van der Waals surface area contributed by atoms with E-state index in [1.165, 1.54) is 6.07 Å². The van der Waals surface area contributed by atoms with Crippen molar-refractivity contribution >= 4 is 29.9 Å². The first kappa shape index (κ1) is 19.1. The Labute approximate surface area is 138 Å². The van der Waals surface area contributed by atoms with E-state index >= 15 is 0 Å². The van der Waals surface area contributed by atoms with Crippen LogP contribution in [0, 0.1) is 18.7 Å². The summed E-state index contributed by atoms with van der Waals surface area (Å²) in [5, 5.41) is 6.52. The van der Waals surface area contributed by atoms with E-state index in [1.54, 1.807) is 13.1 Å². The molecule has 0 heterocycles. The second-order valence-corrected chi connectivity index (χ2v) is 5.09. The number of rotatable bonds is 5. The highest BCUT2D eigenvalue weighted by atomic mass is 127. The predicted octanol–water partition coefficient (Wildman–Crippen LogP) is 3.12. The molecule has 3 nitrogen and oxygen atoms in total. The Hall–Kier alpha value is -0.850. The Bertz CT molecular complexity index is 433. The number of hydrogen-bond acceptors (Lipinski definition) is 1. The molecular weight excluding hydrogens is 368 g/mol. The Morgan fingerprint density at radius 3 is 2.55 bits per heavy atom. The molecule has 0 unspecified atom stereocenters. The van der Waals surface area contributed by atoms with Crippen LogP contribution in [-0.4, -0.2) is 26.1 Å². The molecule has 0 radical (unpaired) electrons. The Kier molecular flexibility index (Phi) is 9.54. The van der Waals surface area contributed by atoms with Crippen molar-refractivity contribution in [2.24, 2.45) is 10.9 Å². The van der Waals surface area contributed by atoms with Crippen LogP contribution in [0.25, 0.3) is 0 Å². The molecular formula is C15H25FIN3. The van der Waals surface area contributed by atoms with Crippen molar-refractivity contribution < 1.29 is 4.39 Å². The smallest absolute Gasteiger partial charge is 0.190 e. The van der Waals surface area contributed by atoms with Gasteiger partial charge in [-0.1, -0.05) is 19.9 Å². The van der Waals surface area contributed by atoms with Gasteiger partial charge in [0.1, 0.15) is 5.82 Å². The highest BCUT2D eigenvalue weighted by molar-refractivity contribution is 14.0. The van der Waals surface area contributed by atoms with Crippen LogP contribution in [0.15, 0.2) is 23.2 Å². The van der Waals surface area contributed by atoms with E-state index in [0.717, 1.165) is 36.6 Å². The minimum Gasteiger partial charge on any atom is -0.356 e. The minimum absolute atomic E-state index is 0. The summed E-state index contributed by atoms with van der Waals surface area (Å²) in [7, 11) is 1.76. The van der Waals surface area contributed by atoms with Crippen LogP contribution in [0.2, 0.25) is 0 Å². The van der Waals surface area contributed by atoms with E-state index in [2.05, 4.69) is 29.5 Å². The monoisotopic (exact) mass is 393 g/mol. The van der Waals surface area contributed by atoms with Crippen molar-refractivity contribution in [3.05, 3.63) is 35.1 Å². The number of benzene rings is 1. The molecule has 0 aliphatic rings. The lowest BCUT2D eigenvalue weighted by Gasteiger charge is -2.14. The predicted molar refractivity (Wildman–Crippen MR) is 94.5 cm³/mol. The van der Waals surface area contributed by atoms with Crippen molar-refractivity contribution in [2.45, 2.75) is 27.2 Å². The average Bonchev–Trinajstić information content (AvgIpc) is 2.35. The Balaban J connectivity index is 0.00000361. The minimum atomic E-state index is -0.177. The maximum atomic E-state index is 13.0. The molecule has 5 heteroatoms. The number of aliphatic imine (C=N–C) groups is 1. The lowest BCUT2D eigenvalue weighted by molar-refractivity contribution is 0.614. The molecule has 1 aromatic carbocycles. The third kappa shape index (κ3) is 7.07. The Morgan fingerprint density at radius 2 is 2.00 bits per heavy atom. The maximum Gasteiger partial charge on any atom is 0.190 e. The second-order valence-electron chi connectivity index (χ2n) is 5.09. The molecule has 114 valence electrons. The number of aryl methyl sites for hydroxylation is 1. The number of nitrogens with zero attached hydrogens (tertiary/aromatic N) is 1. The summed E-state index contributed by atoms with van der Waals surface area (Å²) < 4.78 is 13.0. The lowest BCUT2D eigenvalue weighted by Crippen LogP contribution is -2.39. The molecule has 0 saturated heterocycles. The van der Waals surface area contributed by atoms with Crippen molar-refractivity contribution in [1.29, 1.82) is 0 Å². The molecule has 0 saturated carbocycles. The summed E-state index contributed by atoms with van der Waals surface area (Å²) >= 11 is 0. The van der Waals surface area contributed by atoms with Crippen molar-refractivity contribution in [3.8, 4) is 0 Å². The van der Waals surface area contributed by atoms with Crippen LogP contribution in [0.5, 0.6) is 0 Å². The van der Waals surface area contributed by atoms with Crippen LogP contribution >= 0.6 is 24.0 Å². The second kappa shape index (κ2) is 9.96. The number of nitrogens with one attached hydrogen (secondary N) is 2. The summed E-state index contributed by atoms with van der Waals surface area (Å²) in [4.78, 5) is 4.16. The van der Waals surface area contributed by atoms with Gasteiger partial charge in [0.15, 0.2) is 5.96 Å². The van der Waals surface area contributed by atoms with Crippen LogP contribution in [0.1, 0.15) is 25.0 Å². The van der Waals surface area contributed by atoms with Crippen LogP contribution in [0.4, 0.5) is 4.39 Å². The first-order valence-electron chi connectivity index (χ1n) is 6.72. The molecule has 2 N–H and O–H groups in total. The number of halogens is 2. The van der Waals surface area contributed by atoms with Gasteiger partial charge in [-0.2, -0.15) is 0 Å². The van der Waals surface area contributed by atoms with E-state index in [1.807, 2.05) is 13.0 Å². The van der Waals surface area contributed by atoms with Gasteiger partial charge in [-0.15, -0.1) is 24.0 Å². The largest absolute Gasteiger partial charge is 0.356 e. The summed E-state index contributed by atoms with van der Waals surface area (Å²) in [5.74, 6) is 1.22. The molecule has 0 fully saturated rings. The zero-order valence-corrected chi connectivity index (χ0v) is 15.0. The van der Waals surface area contributed by atoms with Gasteiger partial charge in [0.2, 0.25) is 0 Å². The summed E-state index contributed by atoms with van der Waals surface area (Å²) in [6.07, 6.45) is 0.856. The van der Waals surface area contributed by atoms with Gasteiger partial charge in [0.25, 0.3) is 0 Å². The topological polar surface area (TPSA) is 36.4 Å². The van der Waals surface area contributed by atoms with Crippen LogP contribution < -0.4 is 10.6 Å². The molecule has 0 spiro atoms. The van der Waals surface area contributed by atoms with Gasteiger partial charge in [-0.25, -0.2) is 4.39 Å². The molecule has 0 amide bonds. The fraction of sp³-hybridized carbons (Fsp3) is 0.533. The molecule has 0 atom stereocenters. The molecule has 0 bridgehead atoms. The maximum absolute atomic E-state index is 13.0. The van der Waals surface area contributed by atoms with Gasteiger partial charge >= 0.3 is 0 Å². The fourth-order valence-electron chi connectivity index (χ4n) is 1.78. The third-order valence-electron chi connectivity index (χ3n) is 2.89. The molecule has 0 aromatic heterocycles. The normalized spacial score (nSPS) is 11.2. The lowest BCUT2D eigenvalue weighted by atomic mass is 10.1. The standard InChI is InChI=1S/C15H24FN3.HI/c1-11(2)10-19-15(17-4)18-8-7-13-5-6-14(16)9-12(13)3;/h5-6,9,11H,7-8,10H2,1-4H3,(H2,17,18,19);1H. The zero-order valence-electron chi connectivity index (χ0n) is 12.7. The number of guanidine groups is 1. The van der Waals surface area contributed by atoms with Crippen molar-refractivity contribution in [1.82, 2.24) is 10.6 Å². The van der Waals surface area contributed by atoms with E-state index in [4.69, 9.17) is 0 Å². The first-order chi connectivity index (χ1) is 9.02. The molecule has 1 rings (SSSR count). The van der Waals surface area contributed by atoms with Crippen LogP contribution in [-0.2, 0) is 6.42 Å². The first-order valence-corrected chi connectivity index (χ1v) is 6.72. The van der Waals surface area contributed by atoms with Gasteiger partial charge in [-0.05, 0) is 42.5 Å². The summed E-state index contributed by atoms with van der Waals surface area (Å²) in [6.45, 7) is 7.92. The van der Waals surface area contributed by atoms with E-state index in [0.29, 0.717) is 5.92 Å². The number of hydrogen-bond donors (Lipinski definition) is 2. The molecule has 0 aliphatic heterocycles. The molecule has 20 heavy (non-hydrogen) atoms. The van der Waals surface area contributed by atoms with Crippen molar-refractivity contribution in [2.75, 3.05) is 20.1 Å². The van der Waals surface area contributed by atoms with Crippen LogP contribution in [0.3, 0.4) is 0 Å². The highest BCUT2D eigenvalue weighted by Gasteiger charge is 2.02. The summed E-state index contributed by atoms with van der Waals surface area (Å²) in [6, 6.07) is 4.92. The van der Waals surface area contributed by atoms with Gasteiger partial charge < -0.3 is 10.6 Å². The van der Waals surface area contributed by atoms with Gasteiger partial charge in [0.05, 0.1) is 0 Å². The fourth-order valence-corrected chi connectivity index (χ4v) is 1.78. The van der Waals surface area contributed by atoms with E-state index in [-0.39, 0.29) is 29.8 Å². The third-order valence-corrected chi connectivity index (χ3v) is 2.89. The Morgan fingerprint density at radius 1 is 1.30 bits per heavy atom. The molecule has 1 aromatic rings. The summed E-state index contributed by atoms with van der Waals surface area (Å²) in [5.41, 5.74) is 2.15. The zero-order chi connectivity index (χ0) is 14.3. The SMILES string of the molecule is CN=C(NCCc1ccc(F)cc1C)NCC(C)C.I. The molecule has 0 aliphatic carbocycles.